The van der Waals surface area contributed by atoms with Gasteiger partial charge in [-0.25, -0.2) is 12.8 Å². The van der Waals surface area contributed by atoms with Crippen LogP contribution in [0.5, 0.6) is 0 Å². The fourth-order valence-corrected chi connectivity index (χ4v) is 7.52. The molecule has 0 aliphatic carbocycles. The average molecular weight is 645 g/mol. The predicted octanol–water partition coefficient (Wildman–Crippen LogP) is 6.43. The molecule has 2 aliphatic rings. The van der Waals surface area contributed by atoms with Gasteiger partial charge in [0.25, 0.3) is 5.91 Å². The van der Waals surface area contributed by atoms with Crippen LogP contribution in [0.3, 0.4) is 0 Å². The van der Waals surface area contributed by atoms with Crippen molar-refractivity contribution in [3.05, 3.63) is 98.8 Å². The highest BCUT2D eigenvalue weighted by Crippen LogP contribution is 2.36. The molecule has 13 heteroatoms. The van der Waals surface area contributed by atoms with Crippen LogP contribution in [0.15, 0.2) is 60.7 Å². The molecule has 0 bridgehead atoms. The second-order valence-electron chi connectivity index (χ2n) is 10.6. The first-order chi connectivity index (χ1) is 19.7. The highest BCUT2D eigenvalue weighted by molar-refractivity contribution is 7.93. The molecule has 3 aromatic rings. The van der Waals surface area contributed by atoms with E-state index < -0.39 is 27.6 Å². The lowest BCUT2D eigenvalue weighted by atomic mass is 9.93. The van der Waals surface area contributed by atoms with Gasteiger partial charge in [-0.15, -0.1) is 0 Å². The first-order valence-corrected chi connectivity index (χ1v) is 15.5. The highest BCUT2D eigenvalue weighted by atomic mass is 35.5. The molecule has 2 heterocycles. The van der Waals surface area contributed by atoms with Gasteiger partial charge in [-0.2, -0.15) is 13.2 Å². The maximum Gasteiger partial charge on any atom is 0.419 e. The van der Waals surface area contributed by atoms with Gasteiger partial charge in [-0.1, -0.05) is 35.3 Å². The molecule has 2 atom stereocenters. The van der Waals surface area contributed by atoms with E-state index in [2.05, 4.69) is 0 Å². The maximum atomic E-state index is 14.3. The van der Waals surface area contributed by atoms with Crippen LogP contribution < -0.4 is 4.31 Å². The maximum absolute atomic E-state index is 14.3. The highest BCUT2D eigenvalue weighted by Gasteiger charge is 2.39. The quantitative estimate of drug-likeness (QED) is 0.291. The molecule has 224 valence electrons. The summed E-state index contributed by atoms with van der Waals surface area (Å²) < 4.78 is 79.3. The molecule has 1 amide bonds. The van der Waals surface area contributed by atoms with Crippen LogP contribution in [0.4, 0.5) is 23.2 Å². The Morgan fingerprint density at radius 1 is 1.00 bits per heavy atom. The predicted molar refractivity (Wildman–Crippen MR) is 154 cm³/mol. The van der Waals surface area contributed by atoms with Crippen LogP contribution in [0, 0.1) is 5.82 Å². The number of nitrogens with zero attached hydrogens (tertiary/aromatic N) is 3. The molecule has 6 nitrogen and oxygen atoms in total. The third-order valence-corrected chi connectivity index (χ3v) is 10.4. The molecule has 0 aromatic heterocycles. The van der Waals surface area contributed by atoms with Crippen molar-refractivity contribution in [2.24, 2.45) is 0 Å². The van der Waals surface area contributed by atoms with Gasteiger partial charge in [0, 0.05) is 43.7 Å². The van der Waals surface area contributed by atoms with Crippen LogP contribution in [0.2, 0.25) is 10.0 Å². The van der Waals surface area contributed by atoms with Gasteiger partial charge in [-0.3, -0.25) is 14.0 Å². The fourth-order valence-electron chi connectivity index (χ4n) is 5.64. The lowest BCUT2D eigenvalue weighted by molar-refractivity contribution is -0.140. The average Bonchev–Trinajstić information content (AvgIpc) is 3.52. The first kappa shape index (κ1) is 30.6. The van der Waals surface area contributed by atoms with E-state index in [-0.39, 0.29) is 36.7 Å². The van der Waals surface area contributed by atoms with Crippen molar-refractivity contribution in [1.29, 1.82) is 0 Å². The Morgan fingerprint density at radius 3 is 2.31 bits per heavy atom. The number of likely N-dealkylation sites (N-methyl/N-ethyl adjacent to an activating group) is 1. The van der Waals surface area contributed by atoms with Crippen molar-refractivity contribution in [3.63, 3.8) is 0 Å². The third-order valence-electron chi connectivity index (χ3n) is 7.79. The number of anilines is 1. The molecule has 5 rings (SSSR count). The summed E-state index contributed by atoms with van der Waals surface area (Å²) >= 11 is 12.4. The Hall–Kier alpha value is -2.86. The minimum absolute atomic E-state index is 0.0889. The van der Waals surface area contributed by atoms with Crippen LogP contribution in [0.1, 0.15) is 39.4 Å². The molecule has 2 aliphatic heterocycles. The second-order valence-corrected chi connectivity index (χ2v) is 13.4. The van der Waals surface area contributed by atoms with Crippen LogP contribution in [-0.2, 0) is 22.7 Å². The van der Waals surface area contributed by atoms with Gasteiger partial charge >= 0.3 is 6.18 Å². The van der Waals surface area contributed by atoms with E-state index in [1.165, 1.54) is 10.4 Å². The summed E-state index contributed by atoms with van der Waals surface area (Å²) in [7, 11) is -1.59. The number of rotatable bonds is 6. The Bertz CT molecular complexity index is 1600. The first-order valence-electron chi connectivity index (χ1n) is 13.1. The standard InChI is InChI=1S/C29H27Cl2F4N3O3S/c1-36(15-18-3-9-23(26(32)13-18)29(33,34)35)27-17-37(16-22(27)20-6-10-24(30)25(31)14-20)28(39)19-4-7-21(8-5-19)38-11-2-12-42(38,40)41/h3-10,13-14,22,27H,2,11-12,15-17H2,1H3/t22-,27+/m1/s1. The molecule has 3 aromatic carbocycles. The number of benzene rings is 3. The Labute approximate surface area is 251 Å². The van der Waals surface area contributed by atoms with E-state index >= 15 is 0 Å². The third kappa shape index (κ3) is 6.24. The van der Waals surface area contributed by atoms with Crippen LogP contribution in [0.25, 0.3) is 0 Å². The summed E-state index contributed by atoms with van der Waals surface area (Å²) in [5, 5.41) is 0.717. The van der Waals surface area contributed by atoms with E-state index in [4.69, 9.17) is 23.2 Å². The number of carbonyl (C=O) groups is 1. The van der Waals surface area contributed by atoms with Crippen molar-refractivity contribution in [2.75, 3.05) is 36.7 Å². The zero-order valence-corrected chi connectivity index (χ0v) is 24.7. The number of halogens is 6. The number of hydrogen-bond acceptors (Lipinski definition) is 4. The Kier molecular flexibility index (Phi) is 8.50. The SMILES string of the molecule is CN(Cc1ccc(C(F)(F)F)c(F)c1)[C@H]1CN(C(=O)c2ccc(N3CCCS3(=O)=O)cc2)C[C@@H]1c1ccc(Cl)c(Cl)c1. The number of likely N-dealkylation sites (tertiary alicyclic amines) is 1. The molecule has 0 saturated carbocycles. The smallest absolute Gasteiger partial charge is 0.336 e. The Morgan fingerprint density at radius 2 is 1.71 bits per heavy atom. The zero-order valence-electron chi connectivity index (χ0n) is 22.4. The largest absolute Gasteiger partial charge is 0.419 e. The number of carbonyl (C=O) groups excluding carboxylic acids is 1. The number of hydrogen-bond donors (Lipinski definition) is 0. The zero-order chi connectivity index (χ0) is 30.4. The van der Waals surface area contributed by atoms with E-state index in [1.807, 2.05) is 11.0 Å². The molecule has 0 N–H and O–H groups in total. The summed E-state index contributed by atoms with van der Waals surface area (Å²) in [6, 6.07) is 14.2. The monoisotopic (exact) mass is 643 g/mol. The normalized spacial score (nSPS) is 20.5. The summed E-state index contributed by atoms with van der Waals surface area (Å²) in [5.74, 6) is -1.75. The molecule has 2 saturated heterocycles. The summed E-state index contributed by atoms with van der Waals surface area (Å²) in [6.07, 6.45) is -4.25. The van der Waals surface area contributed by atoms with Gasteiger partial charge in [0.2, 0.25) is 10.0 Å². The fraction of sp³-hybridized carbons (Fsp3) is 0.345. The lowest BCUT2D eigenvalue weighted by Gasteiger charge is -2.29. The van der Waals surface area contributed by atoms with Gasteiger partial charge in [0.05, 0.1) is 27.0 Å². The summed E-state index contributed by atoms with van der Waals surface area (Å²) in [4.78, 5) is 17.1. The van der Waals surface area contributed by atoms with Crippen molar-refractivity contribution < 1.29 is 30.8 Å². The lowest BCUT2D eigenvalue weighted by Crippen LogP contribution is -2.38. The van der Waals surface area contributed by atoms with Gasteiger partial charge < -0.3 is 4.90 Å². The summed E-state index contributed by atoms with van der Waals surface area (Å²) in [6.45, 7) is 1.13. The Balaban J connectivity index is 1.38. The number of sulfonamides is 1. The number of alkyl halides is 3. The molecule has 0 radical (unpaired) electrons. The van der Waals surface area contributed by atoms with Crippen LogP contribution >= 0.6 is 23.2 Å². The van der Waals surface area contributed by atoms with Gasteiger partial charge in [0.1, 0.15) is 5.82 Å². The molecular weight excluding hydrogens is 617 g/mol. The van der Waals surface area contributed by atoms with Crippen molar-refractivity contribution >= 4 is 44.8 Å². The van der Waals surface area contributed by atoms with E-state index in [0.29, 0.717) is 46.4 Å². The minimum atomic E-state index is -4.79. The van der Waals surface area contributed by atoms with Crippen molar-refractivity contribution in [3.8, 4) is 0 Å². The summed E-state index contributed by atoms with van der Waals surface area (Å²) in [5.41, 5.74) is 0.739. The topological polar surface area (TPSA) is 60.9 Å². The van der Waals surface area contributed by atoms with E-state index in [1.54, 1.807) is 48.3 Å². The molecule has 2 fully saturated rings. The van der Waals surface area contributed by atoms with Gasteiger partial charge in [0.15, 0.2) is 0 Å². The van der Waals surface area contributed by atoms with Crippen molar-refractivity contribution in [2.45, 2.75) is 31.1 Å². The molecule has 42 heavy (non-hydrogen) atoms. The molecule has 0 unspecified atom stereocenters. The van der Waals surface area contributed by atoms with Crippen LogP contribution in [-0.4, -0.2) is 62.6 Å². The second kappa shape index (κ2) is 11.7. The van der Waals surface area contributed by atoms with Crippen molar-refractivity contribution in [1.82, 2.24) is 9.80 Å². The van der Waals surface area contributed by atoms with Gasteiger partial charge in [-0.05, 0) is 73.1 Å². The van der Waals surface area contributed by atoms with E-state index in [9.17, 15) is 30.8 Å². The minimum Gasteiger partial charge on any atom is -0.336 e. The van der Waals surface area contributed by atoms with E-state index in [0.717, 1.165) is 17.7 Å². The molecule has 0 spiro atoms. The molecular formula is C29H27Cl2F4N3O3S. The number of amides is 1.